The third kappa shape index (κ3) is 1.90. The Bertz CT molecular complexity index is 394. The SMILES string of the molecule is CC[C@H]1O[C@@H](n2ccc(=O)cc2)[C@@H](O)[C@@H]1C. The van der Waals surface area contributed by atoms with E-state index in [9.17, 15) is 9.90 Å². The number of nitrogens with zero attached hydrogens (tertiary/aromatic N) is 1. The van der Waals surface area contributed by atoms with Crippen molar-refractivity contribution in [3.8, 4) is 0 Å². The van der Waals surface area contributed by atoms with Crippen LogP contribution in [0, 0.1) is 5.92 Å². The molecule has 16 heavy (non-hydrogen) atoms. The van der Waals surface area contributed by atoms with Gasteiger partial charge in [0.15, 0.2) is 11.7 Å². The van der Waals surface area contributed by atoms with E-state index >= 15 is 0 Å². The summed E-state index contributed by atoms with van der Waals surface area (Å²) in [4.78, 5) is 11.0. The predicted molar refractivity (Wildman–Crippen MR) is 60.1 cm³/mol. The van der Waals surface area contributed by atoms with Crippen molar-refractivity contribution in [2.45, 2.75) is 38.7 Å². The number of hydrogen-bond acceptors (Lipinski definition) is 3. The van der Waals surface area contributed by atoms with Gasteiger partial charge in [-0.3, -0.25) is 4.79 Å². The van der Waals surface area contributed by atoms with Gasteiger partial charge in [-0.05, 0) is 6.42 Å². The summed E-state index contributed by atoms with van der Waals surface area (Å²) in [5.41, 5.74) is -0.0381. The van der Waals surface area contributed by atoms with Crippen molar-refractivity contribution in [2.75, 3.05) is 0 Å². The van der Waals surface area contributed by atoms with E-state index in [0.29, 0.717) is 0 Å². The topological polar surface area (TPSA) is 51.5 Å². The molecule has 0 spiro atoms. The normalized spacial score (nSPS) is 34.2. The molecule has 1 aliphatic rings. The summed E-state index contributed by atoms with van der Waals surface area (Å²) in [6.45, 7) is 4.03. The average Bonchev–Trinajstić information content (AvgIpc) is 2.57. The van der Waals surface area contributed by atoms with E-state index in [0.717, 1.165) is 6.42 Å². The van der Waals surface area contributed by atoms with Gasteiger partial charge >= 0.3 is 0 Å². The van der Waals surface area contributed by atoms with Crippen LogP contribution in [0.2, 0.25) is 0 Å². The summed E-state index contributed by atoms with van der Waals surface area (Å²) < 4.78 is 7.52. The largest absolute Gasteiger partial charge is 0.388 e. The van der Waals surface area contributed by atoms with Crippen molar-refractivity contribution in [3.05, 3.63) is 34.7 Å². The lowest BCUT2D eigenvalue weighted by Gasteiger charge is -2.18. The summed E-state index contributed by atoms with van der Waals surface area (Å²) in [6.07, 6.45) is 3.38. The first-order valence-electron chi connectivity index (χ1n) is 5.65. The van der Waals surface area contributed by atoms with E-state index < -0.39 is 6.10 Å². The summed E-state index contributed by atoms with van der Waals surface area (Å²) in [6, 6.07) is 2.94. The smallest absolute Gasteiger partial charge is 0.181 e. The average molecular weight is 223 g/mol. The maximum atomic E-state index is 11.0. The molecule has 1 aromatic rings. The first-order chi connectivity index (χ1) is 7.63. The summed E-state index contributed by atoms with van der Waals surface area (Å²) in [5.74, 6) is 0.120. The molecule has 0 amide bonds. The molecule has 0 unspecified atom stereocenters. The van der Waals surface area contributed by atoms with E-state index in [4.69, 9.17) is 4.74 Å². The van der Waals surface area contributed by atoms with Gasteiger partial charge in [-0.25, -0.2) is 0 Å². The van der Waals surface area contributed by atoms with E-state index in [-0.39, 0.29) is 23.7 Å². The molecule has 4 heteroatoms. The van der Waals surface area contributed by atoms with Crippen molar-refractivity contribution in [2.24, 2.45) is 5.92 Å². The van der Waals surface area contributed by atoms with Crippen LogP contribution in [0.15, 0.2) is 29.3 Å². The summed E-state index contributed by atoms with van der Waals surface area (Å²) >= 11 is 0. The highest BCUT2D eigenvalue weighted by Gasteiger charge is 2.40. The van der Waals surface area contributed by atoms with Crippen molar-refractivity contribution in [1.82, 2.24) is 4.57 Å². The van der Waals surface area contributed by atoms with E-state index in [1.807, 2.05) is 13.8 Å². The highest BCUT2D eigenvalue weighted by Crippen LogP contribution is 2.34. The Morgan fingerprint density at radius 1 is 1.44 bits per heavy atom. The molecule has 1 aliphatic heterocycles. The molecule has 0 aliphatic carbocycles. The van der Waals surface area contributed by atoms with Gasteiger partial charge < -0.3 is 14.4 Å². The van der Waals surface area contributed by atoms with Gasteiger partial charge in [0, 0.05) is 30.4 Å². The van der Waals surface area contributed by atoms with Crippen LogP contribution in [-0.2, 0) is 4.74 Å². The van der Waals surface area contributed by atoms with Crippen LogP contribution in [0.4, 0.5) is 0 Å². The Hall–Kier alpha value is -1.13. The monoisotopic (exact) mass is 223 g/mol. The molecule has 88 valence electrons. The molecule has 1 N–H and O–H groups in total. The molecule has 1 fully saturated rings. The highest BCUT2D eigenvalue weighted by molar-refractivity contribution is 4.97. The molecule has 0 radical (unpaired) electrons. The molecule has 4 nitrogen and oxygen atoms in total. The quantitative estimate of drug-likeness (QED) is 0.818. The second-order valence-electron chi connectivity index (χ2n) is 4.30. The molecule has 4 atom stereocenters. The van der Waals surface area contributed by atoms with Crippen LogP contribution >= 0.6 is 0 Å². The minimum Gasteiger partial charge on any atom is -0.388 e. The zero-order valence-electron chi connectivity index (χ0n) is 9.54. The lowest BCUT2D eigenvalue weighted by Crippen LogP contribution is -2.24. The van der Waals surface area contributed by atoms with Crippen LogP contribution in [0.3, 0.4) is 0 Å². The minimum absolute atomic E-state index is 0.0381. The maximum absolute atomic E-state index is 11.0. The molecule has 0 aromatic carbocycles. The number of pyridine rings is 1. The van der Waals surface area contributed by atoms with Crippen LogP contribution < -0.4 is 5.43 Å². The first kappa shape index (κ1) is 11.4. The van der Waals surface area contributed by atoms with Crippen molar-refractivity contribution in [3.63, 3.8) is 0 Å². The third-order valence-corrected chi connectivity index (χ3v) is 3.25. The van der Waals surface area contributed by atoms with Gasteiger partial charge in [0.2, 0.25) is 0 Å². The molecule has 2 rings (SSSR count). The Morgan fingerprint density at radius 2 is 2.06 bits per heavy atom. The predicted octanol–water partition coefficient (Wildman–Crippen LogP) is 1.15. The molecule has 1 saturated heterocycles. The Labute approximate surface area is 94.5 Å². The fourth-order valence-electron chi connectivity index (χ4n) is 2.17. The molecule has 0 saturated carbocycles. The minimum atomic E-state index is -0.521. The van der Waals surface area contributed by atoms with Gasteiger partial charge in [-0.2, -0.15) is 0 Å². The Balaban J connectivity index is 2.22. The van der Waals surface area contributed by atoms with Gasteiger partial charge in [0.25, 0.3) is 0 Å². The van der Waals surface area contributed by atoms with Gasteiger partial charge in [0.1, 0.15) is 6.10 Å². The lowest BCUT2D eigenvalue weighted by molar-refractivity contribution is -0.0379. The molecule has 1 aromatic heterocycles. The zero-order chi connectivity index (χ0) is 11.7. The van der Waals surface area contributed by atoms with Crippen molar-refractivity contribution < 1.29 is 9.84 Å². The highest BCUT2D eigenvalue weighted by atomic mass is 16.5. The second kappa shape index (κ2) is 4.39. The number of aliphatic hydroxyl groups excluding tert-OH is 1. The molecule has 0 bridgehead atoms. The first-order valence-corrected chi connectivity index (χ1v) is 5.65. The van der Waals surface area contributed by atoms with Gasteiger partial charge in [0.05, 0.1) is 6.10 Å². The van der Waals surface area contributed by atoms with E-state index in [1.165, 1.54) is 12.1 Å². The van der Waals surface area contributed by atoms with Crippen molar-refractivity contribution in [1.29, 1.82) is 0 Å². The molecular weight excluding hydrogens is 206 g/mol. The number of ether oxygens (including phenoxy) is 1. The van der Waals surface area contributed by atoms with Crippen LogP contribution in [0.1, 0.15) is 26.5 Å². The fourth-order valence-corrected chi connectivity index (χ4v) is 2.17. The number of rotatable bonds is 2. The Kier molecular flexibility index (Phi) is 3.12. The van der Waals surface area contributed by atoms with Gasteiger partial charge in [-0.1, -0.05) is 13.8 Å². The fraction of sp³-hybridized carbons (Fsp3) is 0.583. The number of aromatic nitrogens is 1. The van der Waals surface area contributed by atoms with Crippen molar-refractivity contribution >= 4 is 0 Å². The van der Waals surface area contributed by atoms with Crippen LogP contribution in [-0.4, -0.2) is 21.9 Å². The van der Waals surface area contributed by atoms with Gasteiger partial charge in [-0.15, -0.1) is 0 Å². The van der Waals surface area contributed by atoms with E-state index in [2.05, 4.69) is 0 Å². The standard InChI is InChI=1S/C12H17NO3/c1-3-10-8(2)11(15)12(16-10)13-6-4-9(14)5-7-13/h4-8,10-12,15H,3H2,1-2H3/t8-,10-,11+,12-/m1/s1. The number of hydrogen-bond donors (Lipinski definition) is 1. The third-order valence-electron chi connectivity index (χ3n) is 3.25. The molecular formula is C12H17NO3. The zero-order valence-corrected chi connectivity index (χ0v) is 9.54. The Morgan fingerprint density at radius 3 is 2.56 bits per heavy atom. The van der Waals surface area contributed by atoms with Crippen LogP contribution in [0.25, 0.3) is 0 Å². The lowest BCUT2D eigenvalue weighted by atomic mass is 9.99. The summed E-state index contributed by atoms with van der Waals surface area (Å²) in [5, 5.41) is 10.1. The maximum Gasteiger partial charge on any atom is 0.181 e. The van der Waals surface area contributed by atoms with E-state index in [1.54, 1.807) is 17.0 Å². The summed E-state index contributed by atoms with van der Waals surface area (Å²) in [7, 11) is 0. The molecule has 2 heterocycles. The second-order valence-corrected chi connectivity index (χ2v) is 4.30. The number of aliphatic hydroxyl groups is 1. The van der Waals surface area contributed by atoms with Crippen LogP contribution in [0.5, 0.6) is 0 Å².